The molecule has 2 amide bonds. The monoisotopic (exact) mass is 334 g/mol. The topological polar surface area (TPSA) is 115 Å². The zero-order valence-electron chi connectivity index (χ0n) is 13.2. The van der Waals surface area contributed by atoms with Crippen molar-refractivity contribution in [3.05, 3.63) is 59.4 Å². The molecule has 1 aliphatic heterocycles. The van der Waals surface area contributed by atoms with Gasteiger partial charge in [0.2, 0.25) is 5.82 Å². The predicted molar refractivity (Wildman–Crippen MR) is 88.5 cm³/mol. The highest BCUT2D eigenvalue weighted by molar-refractivity contribution is 5.94. The molecular weight excluding hydrogens is 320 g/mol. The summed E-state index contributed by atoms with van der Waals surface area (Å²) in [6.07, 6.45) is 3.69. The lowest BCUT2D eigenvalue weighted by Gasteiger charge is -2.27. The molecule has 3 heterocycles. The average molecular weight is 334 g/mol. The Labute approximate surface area is 142 Å². The highest BCUT2D eigenvalue weighted by Crippen LogP contribution is 2.18. The van der Waals surface area contributed by atoms with Crippen molar-refractivity contribution < 1.29 is 9.59 Å². The second kappa shape index (κ2) is 5.90. The van der Waals surface area contributed by atoms with Gasteiger partial charge in [-0.25, -0.2) is 15.0 Å². The van der Waals surface area contributed by atoms with Gasteiger partial charge in [-0.15, -0.1) is 0 Å². The number of amides is 2. The Morgan fingerprint density at radius 1 is 1.04 bits per heavy atom. The molecule has 0 bridgehead atoms. The molecule has 0 unspecified atom stereocenters. The van der Waals surface area contributed by atoms with Crippen LogP contribution in [0, 0.1) is 0 Å². The number of aromatic nitrogens is 4. The molecule has 0 atom stereocenters. The number of benzene rings is 1. The van der Waals surface area contributed by atoms with Crippen LogP contribution >= 0.6 is 0 Å². The van der Waals surface area contributed by atoms with Gasteiger partial charge in [-0.05, 0) is 24.1 Å². The van der Waals surface area contributed by atoms with Crippen LogP contribution < -0.4 is 5.73 Å². The molecule has 2 aromatic heterocycles. The Morgan fingerprint density at radius 2 is 1.84 bits per heavy atom. The lowest BCUT2D eigenvalue weighted by atomic mass is 10.1. The molecule has 8 heteroatoms. The normalized spacial score (nSPS) is 13.5. The summed E-state index contributed by atoms with van der Waals surface area (Å²) in [5.41, 5.74) is 8.47. The largest absolute Gasteiger partial charge is 0.363 e. The molecule has 8 nitrogen and oxygen atoms in total. The highest BCUT2D eigenvalue weighted by Gasteiger charge is 2.25. The molecule has 0 saturated carbocycles. The highest BCUT2D eigenvalue weighted by atomic mass is 16.2. The fourth-order valence-electron chi connectivity index (χ4n) is 2.82. The maximum Gasteiger partial charge on any atom is 0.286 e. The van der Waals surface area contributed by atoms with Crippen LogP contribution in [0.5, 0.6) is 0 Å². The lowest BCUT2D eigenvalue weighted by molar-refractivity contribution is 0.0725. The standard InChI is InChI=1S/C17H14N6O2/c18-15(24)16-20-7-10-5-6-23(9-14(10)22-16)17(25)13-8-19-11-3-1-2-4-12(11)21-13/h1-4,7-8H,5-6,9H2,(H2,18,24). The van der Waals surface area contributed by atoms with E-state index < -0.39 is 5.91 Å². The molecule has 0 fully saturated rings. The van der Waals surface area contributed by atoms with Crippen molar-refractivity contribution in [3.63, 3.8) is 0 Å². The van der Waals surface area contributed by atoms with Crippen molar-refractivity contribution in [1.82, 2.24) is 24.8 Å². The fraction of sp³-hybridized carbons (Fsp3) is 0.176. The Kier molecular flexibility index (Phi) is 3.57. The minimum absolute atomic E-state index is 0.0430. The number of hydrogen-bond acceptors (Lipinski definition) is 6. The molecule has 124 valence electrons. The number of nitrogens with two attached hydrogens (primary N) is 1. The molecule has 2 N–H and O–H groups in total. The number of carbonyl (C=O) groups is 2. The first kappa shape index (κ1) is 15.1. The van der Waals surface area contributed by atoms with E-state index in [1.165, 1.54) is 6.20 Å². The molecule has 0 radical (unpaired) electrons. The summed E-state index contributed by atoms with van der Waals surface area (Å²) in [5, 5.41) is 0. The Hall–Kier alpha value is -3.42. The Bertz CT molecular complexity index is 1000. The second-order valence-electron chi connectivity index (χ2n) is 5.75. The van der Waals surface area contributed by atoms with Crippen LogP contribution in [-0.4, -0.2) is 43.2 Å². The molecule has 0 aliphatic carbocycles. The first-order valence-corrected chi connectivity index (χ1v) is 7.77. The molecule has 3 aromatic rings. The number of nitrogens with zero attached hydrogens (tertiary/aromatic N) is 5. The van der Waals surface area contributed by atoms with E-state index in [2.05, 4.69) is 19.9 Å². The third-order valence-electron chi connectivity index (χ3n) is 4.12. The summed E-state index contributed by atoms with van der Waals surface area (Å²) in [4.78, 5) is 42.4. The molecular formula is C17H14N6O2. The summed E-state index contributed by atoms with van der Waals surface area (Å²) < 4.78 is 0. The summed E-state index contributed by atoms with van der Waals surface area (Å²) in [6, 6.07) is 7.38. The van der Waals surface area contributed by atoms with Gasteiger partial charge in [0.1, 0.15) is 5.69 Å². The van der Waals surface area contributed by atoms with Gasteiger partial charge in [-0.3, -0.25) is 14.6 Å². The third-order valence-corrected chi connectivity index (χ3v) is 4.12. The van der Waals surface area contributed by atoms with Crippen LogP contribution in [0.1, 0.15) is 32.4 Å². The van der Waals surface area contributed by atoms with E-state index in [1.807, 2.05) is 24.3 Å². The van der Waals surface area contributed by atoms with Gasteiger partial charge >= 0.3 is 0 Å². The van der Waals surface area contributed by atoms with E-state index in [0.29, 0.717) is 24.2 Å². The number of primary amides is 1. The molecule has 1 aromatic carbocycles. The third kappa shape index (κ3) is 2.78. The van der Waals surface area contributed by atoms with Gasteiger partial charge < -0.3 is 10.6 Å². The van der Waals surface area contributed by atoms with Crippen molar-refractivity contribution in [1.29, 1.82) is 0 Å². The van der Waals surface area contributed by atoms with Crippen LogP contribution in [0.15, 0.2) is 36.7 Å². The second-order valence-corrected chi connectivity index (χ2v) is 5.75. The maximum absolute atomic E-state index is 12.8. The average Bonchev–Trinajstić information content (AvgIpc) is 2.66. The van der Waals surface area contributed by atoms with E-state index >= 15 is 0 Å². The Balaban J connectivity index is 1.62. The number of rotatable bonds is 2. The maximum atomic E-state index is 12.8. The summed E-state index contributed by atoms with van der Waals surface area (Å²) in [7, 11) is 0. The van der Waals surface area contributed by atoms with E-state index in [-0.39, 0.29) is 24.0 Å². The van der Waals surface area contributed by atoms with Crippen LogP contribution in [-0.2, 0) is 13.0 Å². The number of hydrogen-bond donors (Lipinski definition) is 1. The van der Waals surface area contributed by atoms with Crippen molar-refractivity contribution in [2.75, 3.05) is 6.54 Å². The van der Waals surface area contributed by atoms with E-state index in [9.17, 15) is 9.59 Å². The van der Waals surface area contributed by atoms with Crippen molar-refractivity contribution in [2.24, 2.45) is 5.73 Å². The predicted octanol–water partition coefficient (Wildman–Crippen LogP) is 0.717. The van der Waals surface area contributed by atoms with E-state index in [0.717, 1.165) is 11.1 Å². The zero-order chi connectivity index (χ0) is 17.4. The van der Waals surface area contributed by atoms with Crippen LogP contribution in [0.2, 0.25) is 0 Å². The minimum Gasteiger partial charge on any atom is -0.363 e. The van der Waals surface area contributed by atoms with Crippen molar-refractivity contribution in [3.8, 4) is 0 Å². The molecule has 25 heavy (non-hydrogen) atoms. The Morgan fingerprint density at radius 3 is 2.64 bits per heavy atom. The number of fused-ring (bicyclic) bond motifs is 2. The first-order chi connectivity index (χ1) is 12.1. The van der Waals surface area contributed by atoms with Gasteiger partial charge in [-0.1, -0.05) is 12.1 Å². The smallest absolute Gasteiger partial charge is 0.286 e. The van der Waals surface area contributed by atoms with E-state index in [4.69, 9.17) is 5.73 Å². The summed E-state index contributed by atoms with van der Waals surface area (Å²) in [5.74, 6) is -0.951. The molecule has 1 aliphatic rings. The summed E-state index contributed by atoms with van der Waals surface area (Å²) in [6.45, 7) is 0.811. The van der Waals surface area contributed by atoms with Gasteiger partial charge in [0.05, 0.1) is 29.5 Å². The lowest BCUT2D eigenvalue weighted by Crippen LogP contribution is -2.37. The molecule has 0 saturated heterocycles. The number of carbonyl (C=O) groups excluding carboxylic acids is 2. The molecule has 0 spiro atoms. The summed E-state index contributed by atoms with van der Waals surface area (Å²) >= 11 is 0. The first-order valence-electron chi connectivity index (χ1n) is 7.77. The van der Waals surface area contributed by atoms with Gasteiger partial charge in [0.25, 0.3) is 11.8 Å². The fourth-order valence-corrected chi connectivity index (χ4v) is 2.82. The van der Waals surface area contributed by atoms with Gasteiger partial charge in [0, 0.05) is 12.7 Å². The zero-order valence-corrected chi connectivity index (χ0v) is 13.2. The van der Waals surface area contributed by atoms with Crippen LogP contribution in [0.4, 0.5) is 0 Å². The van der Waals surface area contributed by atoms with Crippen molar-refractivity contribution in [2.45, 2.75) is 13.0 Å². The van der Waals surface area contributed by atoms with Gasteiger partial charge in [0.15, 0.2) is 0 Å². The SMILES string of the molecule is NC(=O)c1ncc2c(n1)CN(C(=O)c1cnc3ccccc3n1)CC2. The minimum atomic E-state index is -0.688. The number of para-hydroxylation sites is 2. The molecule has 4 rings (SSSR count). The van der Waals surface area contributed by atoms with Crippen molar-refractivity contribution >= 4 is 22.8 Å². The van der Waals surface area contributed by atoms with E-state index in [1.54, 1.807) is 11.1 Å². The van der Waals surface area contributed by atoms with Gasteiger partial charge in [-0.2, -0.15) is 0 Å². The van der Waals surface area contributed by atoms with Crippen LogP contribution in [0.25, 0.3) is 11.0 Å². The van der Waals surface area contributed by atoms with Crippen LogP contribution in [0.3, 0.4) is 0 Å². The quantitative estimate of drug-likeness (QED) is 0.738.